The van der Waals surface area contributed by atoms with Crippen LogP contribution in [0.4, 0.5) is 17.5 Å². The molecule has 36 heavy (non-hydrogen) atoms. The highest BCUT2D eigenvalue weighted by Crippen LogP contribution is 2.26. The number of ether oxygens (including phenoxy) is 1. The molecule has 2 aliphatic rings. The van der Waals surface area contributed by atoms with Crippen molar-refractivity contribution < 1.29 is 9.53 Å². The summed E-state index contributed by atoms with van der Waals surface area (Å²) in [5, 5.41) is 10.2. The second-order valence-corrected chi connectivity index (χ2v) is 9.27. The van der Waals surface area contributed by atoms with Gasteiger partial charge >= 0.3 is 0 Å². The molecule has 11 nitrogen and oxygen atoms in total. The van der Waals surface area contributed by atoms with Crippen molar-refractivity contribution in [2.45, 2.75) is 13.0 Å². The van der Waals surface area contributed by atoms with Gasteiger partial charge in [0.1, 0.15) is 5.82 Å². The maximum Gasteiger partial charge on any atom is 0.293 e. The number of aryl methyl sites for hydroxylation is 2. The lowest BCUT2D eigenvalue weighted by Gasteiger charge is -2.44. The van der Waals surface area contributed by atoms with Crippen LogP contribution in [0.1, 0.15) is 5.56 Å². The monoisotopic (exact) mass is 492 g/mol. The van der Waals surface area contributed by atoms with E-state index < -0.39 is 0 Å². The molecule has 1 atom stereocenters. The van der Waals surface area contributed by atoms with Crippen molar-refractivity contribution in [1.82, 2.24) is 30.1 Å². The first-order chi connectivity index (χ1) is 17.4. The summed E-state index contributed by atoms with van der Waals surface area (Å²) in [6.45, 7) is 7.70. The molecule has 2 fully saturated rings. The lowest BCUT2D eigenvalue weighted by molar-refractivity contribution is -0.122. The molecule has 3 aromatic rings. The molecular formula is C25H32N8O3. The molecule has 1 unspecified atom stereocenters. The molecule has 0 spiro atoms. The van der Waals surface area contributed by atoms with Gasteiger partial charge in [0.15, 0.2) is 12.4 Å². The zero-order chi connectivity index (χ0) is 25.2. The Bertz CT molecular complexity index is 1340. The van der Waals surface area contributed by atoms with E-state index >= 15 is 0 Å². The number of nitrogens with one attached hydrogen (secondary N) is 3. The SMILES string of the molecule is CNC(=O)COc1cc2cc(Nc3nc(N4CCN5CCNCC5C4)ncc3C)ccc2n(C)c1=O. The van der Waals surface area contributed by atoms with Crippen molar-refractivity contribution in [2.75, 3.05) is 63.1 Å². The summed E-state index contributed by atoms with van der Waals surface area (Å²) in [6.07, 6.45) is 1.85. The van der Waals surface area contributed by atoms with Crippen LogP contribution in [-0.4, -0.2) is 84.3 Å². The summed E-state index contributed by atoms with van der Waals surface area (Å²) < 4.78 is 7.00. The summed E-state index contributed by atoms with van der Waals surface area (Å²) in [5.41, 5.74) is 2.23. The van der Waals surface area contributed by atoms with Crippen molar-refractivity contribution in [1.29, 1.82) is 0 Å². The van der Waals surface area contributed by atoms with E-state index in [1.807, 2.05) is 31.3 Å². The quantitative estimate of drug-likeness (QED) is 0.455. The topological polar surface area (TPSA) is 117 Å². The third-order valence-corrected chi connectivity index (χ3v) is 6.89. The van der Waals surface area contributed by atoms with Gasteiger partial charge in [-0.2, -0.15) is 4.98 Å². The second kappa shape index (κ2) is 10.1. The van der Waals surface area contributed by atoms with Crippen molar-refractivity contribution in [3.63, 3.8) is 0 Å². The fraction of sp³-hybridized carbons (Fsp3) is 0.440. The zero-order valence-corrected chi connectivity index (χ0v) is 20.9. The maximum atomic E-state index is 12.6. The Hall–Kier alpha value is -3.70. The Balaban J connectivity index is 1.38. The van der Waals surface area contributed by atoms with Crippen molar-refractivity contribution in [3.8, 4) is 5.75 Å². The molecule has 0 aliphatic carbocycles. The molecule has 1 aromatic carbocycles. The number of carbonyl (C=O) groups is 1. The second-order valence-electron chi connectivity index (χ2n) is 9.27. The van der Waals surface area contributed by atoms with E-state index in [2.05, 4.69) is 30.7 Å². The van der Waals surface area contributed by atoms with Crippen LogP contribution in [-0.2, 0) is 11.8 Å². The van der Waals surface area contributed by atoms with Gasteiger partial charge in [-0.3, -0.25) is 14.5 Å². The van der Waals surface area contributed by atoms with Gasteiger partial charge in [-0.25, -0.2) is 4.98 Å². The fourth-order valence-electron chi connectivity index (χ4n) is 4.75. The Labute approximate surface area is 209 Å². The molecule has 2 aromatic heterocycles. The van der Waals surface area contributed by atoms with Crippen LogP contribution in [0.2, 0.25) is 0 Å². The zero-order valence-electron chi connectivity index (χ0n) is 20.9. The van der Waals surface area contributed by atoms with E-state index in [-0.39, 0.29) is 23.8 Å². The lowest BCUT2D eigenvalue weighted by Crippen LogP contribution is -2.61. The summed E-state index contributed by atoms with van der Waals surface area (Å²) in [5.74, 6) is 1.29. The number of fused-ring (bicyclic) bond motifs is 2. The Kier molecular flexibility index (Phi) is 6.75. The highest BCUT2D eigenvalue weighted by molar-refractivity contribution is 5.85. The molecule has 0 saturated carbocycles. The van der Waals surface area contributed by atoms with Crippen LogP contribution in [0.15, 0.2) is 35.3 Å². The molecule has 0 radical (unpaired) electrons. The van der Waals surface area contributed by atoms with Crippen LogP contribution in [0, 0.1) is 6.92 Å². The highest BCUT2D eigenvalue weighted by Gasteiger charge is 2.30. The van der Waals surface area contributed by atoms with Gasteiger partial charge in [-0.05, 0) is 31.2 Å². The largest absolute Gasteiger partial charge is 0.478 e. The van der Waals surface area contributed by atoms with Gasteiger partial charge in [-0.15, -0.1) is 0 Å². The number of amides is 1. The van der Waals surface area contributed by atoms with Crippen molar-refractivity contribution >= 4 is 34.3 Å². The number of piperazine rings is 2. The van der Waals surface area contributed by atoms with Gasteiger partial charge in [0.25, 0.3) is 11.5 Å². The molecule has 11 heteroatoms. The standard InChI is InChI=1S/C25H32N8O3/c1-16-12-28-25(33-9-8-32-7-6-27-13-19(32)14-33)30-23(16)29-18-4-5-20-17(10-18)11-21(24(35)31(20)3)36-15-22(34)26-2/h4-5,10-12,19,27H,6-9,13-15H2,1-3H3,(H,26,34)(H,28,29,30). The van der Waals surface area contributed by atoms with Gasteiger partial charge in [0, 0.05) is 82.2 Å². The molecule has 190 valence electrons. The Morgan fingerprint density at radius 1 is 1.25 bits per heavy atom. The average Bonchev–Trinajstić information content (AvgIpc) is 2.90. The number of hydrogen-bond acceptors (Lipinski definition) is 9. The summed E-state index contributed by atoms with van der Waals surface area (Å²) >= 11 is 0. The van der Waals surface area contributed by atoms with E-state index in [0.29, 0.717) is 6.04 Å². The first kappa shape index (κ1) is 24.0. The Morgan fingerprint density at radius 2 is 2.11 bits per heavy atom. The first-order valence-corrected chi connectivity index (χ1v) is 12.2. The number of pyridine rings is 1. The third-order valence-electron chi connectivity index (χ3n) is 6.89. The van der Waals surface area contributed by atoms with E-state index in [4.69, 9.17) is 9.72 Å². The van der Waals surface area contributed by atoms with Crippen LogP contribution in [0.3, 0.4) is 0 Å². The van der Waals surface area contributed by atoms with Crippen molar-refractivity contribution in [3.05, 3.63) is 46.4 Å². The molecule has 0 bridgehead atoms. The fourth-order valence-corrected chi connectivity index (χ4v) is 4.75. The molecule has 5 rings (SSSR count). The number of anilines is 3. The minimum atomic E-state index is -0.302. The van der Waals surface area contributed by atoms with E-state index in [1.165, 1.54) is 11.6 Å². The number of carbonyl (C=O) groups excluding carboxylic acids is 1. The van der Waals surface area contributed by atoms with Crippen LogP contribution in [0.5, 0.6) is 5.75 Å². The molecule has 2 aliphatic heterocycles. The van der Waals surface area contributed by atoms with Gasteiger partial charge in [0.2, 0.25) is 5.95 Å². The number of likely N-dealkylation sites (N-methyl/N-ethyl adjacent to an activating group) is 1. The summed E-state index contributed by atoms with van der Waals surface area (Å²) in [7, 11) is 3.21. The smallest absolute Gasteiger partial charge is 0.293 e. The van der Waals surface area contributed by atoms with Gasteiger partial charge in [-0.1, -0.05) is 0 Å². The predicted molar refractivity (Wildman–Crippen MR) is 139 cm³/mol. The third kappa shape index (κ3) is 4.84. The first-order valence-electron chi connectivity index (χ1n) is 12.2. The maximum absolute atomic E-state index is 12.6. The van der Waals surface area contributed by atoms with Gasteiger partial charge in [0.05, 0.1) is 5.52 Å². The summed E-state index contributed by atoms with van der Waals surface area (Å²) in [6, 6.07) is 7.88. The molecule has 1 amide bonds. The highest BCUT2D eigenvalue weighted by atomic mass is 16.5. The van der Waals surface area contributed by atoms with Gasteiger partial charge < -0.3 is 30.2 Å². The number of benzene rings is 1. The molecular weight excluding hydrogens is 460 g/mol. The molecule has 3 N–H and O–H groups in total. The minimum absolute atomic E-state index is 0.127. The number of rotatable bonds is 6. The minimum Gasteiger partial charge on any atom is -0.478 e. The van der Waals surface area contributed by atoms with E-state index in [1.54, 1.807) is 13.1 Å². The Morgan fingerprint density at radius 3 is 2.94 bits per heavy atom. The molecule has 2 saturated heterocycles. The van der Waals surface area contributed by atoms with Crippen molar-refractivity contribution in [2.24, 2.45) is 7.05 Å². The molecule has 4 heterocycles. The predicted octanol–water partition coefficient (Wildman–Crippen LogP) is 0.599. The normalized spacial score (nSPS) is 18.1. The van der Waals surface area contributed by atoms with E-state index in [0.717, 1.165) is 73.2 Å². The van der Waals surface area contributed by atoms with Crippen LogP contribution < -0.4 is 31.1 Å². The number of aromatic nitrogens is 3. The summed E-state index contributed by atoms with van der Waals surface area (Å²) in [4.78, 5) is 38.5. The van der Waals surface area contributed by atoms with Crippen LogP contribution in [0.25, 0.3) is 10.9 Å². The average molecular weight is 493 g/mol. The lowest BCUT2D eigenvalue weighted by atomic mass is 10.1. The number of nitrogens with zero attached hydrogens (tertiary/aromatic N) is 5. The number of hydrogen-bond donors (Lipinski definition) is 3. The van der Waals surface area contributed by atoms with Crippen LogP contribution >= 0.6 is 0 Å². The van der Waals surface area contributed by atoms with E-state index in [9.17, 15) is 9.59 Å².